The van der Waals surface area contributed by atoms with Gasteiger partial charge in [-0.15, -0.1) is 0 Å². The van der Waals surface area contributed by atoms with Crippen molar-refractivity contribution in [3.8, 4) is 0 Å². The summed E-state index contributed by atoms with van der Waals surface area (Å²) in [6.07, 6.45) is 73.3. The monoisotopic (exact) mass is 963 g/mol. The smallest absolute Gasteiger partial charge is 0.306 e. The molecule has 0 radical (unpaired) electrons. The zero-order chi connectivity index (χ0) is 50.0. The van der Waals surface area contributed by atoms with Crippen LogP contribution in [0.25, 0.3) is 0 Å². The predicted molar refractivity (Wildman–Crippen MR) is 298 cm³/mol. The fraction of sp³-hybridized carbons (Fsp3) is 0.762. The van der Waals surface area contributed by atoms with Crippen molar-refractivity contribution < 1.29 is 28.6 Å². The number of carbonyl (C=O) groups excluding carboxylic acids is 3. The second kappa shape index (κ2) is 57.4. The van der Waals surface area contributed by atoms with Gasteiger partial charge in [0, 0.05) is 19.3 Å². The first-order valence-corrected chi connectivity index (χ1v) is 29.4. The van der Waals surface area contributed by atoms with Crippen LogP contribution in [0.15, 0.2) is 72.9 Å². The molecule has 0 aliphatic carbocycles. The largest absolute Gasteiger partial charge is 0.462 e. The van der Waals surface area contributed by atoms with Gasteiger partial charge in [0.2, 0.25) is 0 Å². The normalized spacial score (nSPS) is 12.6. The summed E-state index contributed by atoms with van der Waals surface area (Å²) < 4.78 is 16.8. The average molecular weight is 964 g/mol. The summed E-state index contributed by atoms with van der Waals surface area (Å²) in [7, 11) is 0. The third-order valence-corrected chi connectivity index (χ3v) is 12.7. The Morgan fingerprint density at radius 3 is 0.928 bits per heavy atom. The number of ether oxygens (including phenoxy) is 3. The molecule has 0 N–H and O–H groups in total. The van der Waals surface area contributed by atoms with E-state index in [1.807, 2.05) is 0 Å². The summed E-state index contributed by atoms with van der Waals surface area (Å²) in [6.45, 7) is 6.50. The summed E-state index contributed by atoms with van der Waals surface area (Å²) in [6, 6.07) is 0. The van der Waals surface area contributed by atoms with Crippen LogP contribution in [-0.2, 0) is 28.6 Å². The lowest BCUT2D eigenvalue weighted by Crippen LogP contribution is -2.30. The number of carbonyl (C=O) groups is 3. The molecule has 69 heavy (non-hydrogen) atoms. The lowest BCUT2D eigenvalue weighted by molar-refractivity contribution is -0.167. The fourth-order valence-corrected chi connectivity index (χ4v) is 8.25. The van der Waals surface area contributed by atoms with Crippen LogP contribution in [0.3, 0.4) is 0 Å². The summed E-state index contributed by atoms with van der Waals surface area (Å²) in [4.78, 5) is 38.2. The van der Waals surface area contributed by atoms with Crippen LogP contribution in [0.1, 0.15) is 290 Å². The van der Waals surface area contributed by atoms with E-state index in [2.05, 4.69) is 93.7 Å². The van der Waals surface area contributed by atoms with Gasteiger partial charge in [-0.1, -0.05) is 235 Å². The number of allylic oxidation sites excluding steroid dienone is 12. The fourth-order valence-electron chi connectivity index (χ4n) is 8.25. The van der Waals surface area contributed by atoms with E-state index in [-0.39, 0.29) is 31.1 Å². The highest BCUT2D eigenvalue weighted by Gasteiger charge is 2.19. The highest BCUT2D eigenvalue weighted by atomic mass is 16.6. The van der Waals surface area contributed by atoms with Crippen molar-refractivity contribution in [2.45, 2.75) is 297 Å². The third kappa shape index (κ3) is 55.6. The van der Waals surface area contributed by atoms with Gasteiger partial charge in [0.1, 0.15) is 13.2 Å². The van der Waals surface area contributed by atoms with E-state index in [4.69, 9.17) is 14.2 Å². The molecule has 0 saturated carbocycles. The van der Waals surface area contributed by atoms with Gasteiger partial charge in [-0.2, -0.15) is 0 Å². The van der Waals surface area contributed by atoms with Crippen molar-refractivity contribution in [3.05, 3.63) is 72.9 Å². The first-order valence-electron chi connectivity index (χ1n) is 29.4. The Bertz CT molecular complexity index is 1290. The standard InChI is InChI=1S/C63H110O6/c1-4-7-10-13-16-19-22-25-28-29-30-31-32-33-36-38-41-44-47-50-53-56-62(65)68-59-60(69-63(66)57-54-51-48-45-42-39-35-27-24-21-18-15-12-9-6-3)58-67-61(64)55-52-49-46-43-40-37-34-26-23-20-17-14-11-8-5-2/h8,11,17,20,25-28,34-35,40,43,60H,4-7,9-10,12-16,18-19,21-24,29-33,36-39,41-42,44-59H2,1-3H3/b11-8-,20-17-,28-25-,34-26-,35-27-,43-40-/t60-/m1/s1. The maximum Gasteiger partial charge on any atom is 0.306 e. The van der Waals surface area contributed by atoms with E-state index in [1.54, 1.807) is 0 Å². The van der Waals surface area contributed by atoms with Crippen molar-refractivity contribution >= 4 is 17.9 Å². The molecule has 0 amide bonds. The van der Waals surface area contributed by atoms with Crippen molar-refractivity contribution in [2.75, 3.05) is 13.2 Å². The summed E-state index contributed by atoms with van der Waals surface area (Å²) >= 11 is 0. The van der Waals surface area contributed by atoms with Crippen LogP contribution in [0.5, 0.6) is 0 Å². The minimum absolute atomic E-state index is 0.0913. The average Bonchev–Trinajstić information content (AvgIpc) is 3.35. The molecule has 6 nitrogen and oxygen atoms in total. The van der Waals surface area contributed by atoms with Crippen LogP contribution < -0.4 is 0 Å². The Hall–Kier alpha value is -3.15. The van der Waals surface area contributed by atoms with Crippen molar-refractivity contribution in [3.63, 3.8) is 0 Å². The number of esters is 3. The van der Waals surface area contributed by atoms with Crippen LogP contribution in [0.4, 0.5) is 0 Å². The van der Waals surface area contributed by atoms with E-state index < -0.39 is 6.10 Å². The lowest BCUT2D eigenvalue weighted by Gasteiger charge is -2.18. The van der Waals surface area contributed by atoms with E-state index >= 15 is 0 Å². The molecule has 0 heterocycles. The maximum absolute atomic E-state index is 12.8. The minimum Gasteiger partial charge on any atom is -0.462 e. The molecular weight excluding hydrogens is 853 g/mol. The quantitative estimate of drug-likeness (QED) is 0.0262. The maximum atomic E-state index is 12.8. The van der Waals surface area contributed by atoms with Gasteiger partial charge in [-0.05, 0) is 109 Å². The van der Waals surface area contributed by atoms with Gasteiger partial charge in [0.05, 0.1) is 0 Å². The molecule has 0 fully saturated rings. The van der Waals surface area contributed by atoms with Crippen LogP contribution >= 0.6 is 0 Å². The van der Waals surface area contributed by atoms with E-state index in [9.17, 15) is 14.4 Å². The van der Waals surface area contributed by atoms with Gasteiger partial charge in [0.25, 0.3) is 0 Å². The van der Waals surface area contributed by atoms with Crippen molar-refractivity contribution in [1.82, 2.24) is 0 Å². The molecule has 6 heteroatoms. The Balaban J connectivity index is 4.39. The zero-order valence-electron chi connectivity index (χ0n) is 45.6. The molecule has 0 spiro atoms. The van der Waals surface area contributed by atoms with E-state index in [0.717, 1.165) is 96.3 Å². The number of hydrogen-bond donors (Lipinski definition) is 0. The van der Waals surface area contributed by atoms with Gasteiger partial charge < -0.3 is 14.2 Å². The predicted octanol–water partition coefficient (Wildman–Crippen LogP) is 19.8. The molecule has 0 unspecified atom stereocenters. The summed E-state index contributed by atoms with van der Waals surface area (Å²) in [5.74, 6) is -0.935. The number of unbranched alkanes of at least 4 members (excludes halogenated alkanes) is 30. The molecule has 0 bridgehead atoms. The van der Waals surface area contributed by atoms with Crippen molar-refractivity contribution in [1.29, 1.82) is 0 Å². The van der Waals surface area contributed by atoms with Crippen LogP contribution in [0, 0.1) is 0 Å². The Kier molecular flexibility index (Phi) is 54.8. The van der Waals surface area contributed by atoms with E-state index in [1.165, 1.54) is 154 Å². The molecule has 0 saturated heterocycles. The van der Waals surface area contributed by atoms with Gasteiger partial charge in [-0.3, -0.25) is 14.4 Å². The SMILES string of the molecule is CC/C=C\C/C=C\C/C=C\C/C=C\CCCCC(=O)OC[C@H](COC(=O)CCCCCCCCCCCCC/C=C\CCCCCCCC)OC(=O)CCCCCCC/C=C\CCCCCCCC. The number of hydrogen-bond acceptors (Lipinski definition) is 6. The zero-order valence-corrected chi connectivity index (χ0v) is 45.6. The Morgan fingerprint density at radius 2 is 0.565 bits per heavy atom. The van der Waals surface area contributed by atoms with Gasteiger partial charge in [0.15, 0.2) is 6.10 Å². The first-order chi connectivity index (χ1) is 34.0. The topological polar surface area (TPSA) is 78.9 Å². The molecule has 0 aromatic heterocycles. The molecule has 0 rings (SSSR count). The minimum atomic E-state index is -0.797. The summed E-state index contributed by atoms with van der Waals surface area (Å²) in [5, 5.41) is 0. The molecule has 1 atom stereocenters. The highest BCUT2D eigenvalue weighted by Crippen LogP contribution is 2.15. The second-order valence-electron chi connectivity index (χ2n) is 19.5. The highest BCUT2D eigenvalue weighted by molar-refractivity contribution is 5.71. The molecule has 0 aliphatic heterocycles. The van der Waals surface area contributed by atoms with Gasteiger partial charge in [-0.25, -0.2) is 0 Å². The van der Waals surface area contributed by atoms with Gasteiger partial charge >= 0.3 is 17.9 Å². The van der Waals surface area contributed by atoms with Crippen LogP contribution in [-0.4, -0.2) is 37.2 Å². The molecule has 0 aliphatic rings. The number of rotatable bonds is 53. The van der Waals surface area contributed by atoms with Crippen LogP contribution in [0.2, 0.25) is 0 Å². The Labute approximate surface area is 427 Å². The second-order valence-corrected chi connectivity index (χ2v) is 19.5. The van der Waals surface area contributed by atoms with Crippen molar-refractivity contribution in [2.24, 2.45) is 0 Å². The lowest BCUT2D eigenvalue weighted by atomic mass is 10.0. The first kappa shape index (κ1) is 65.8. The molecule has 0 aromatic rings. The molecule has 398 valence electrons. The van der Waals surface area contributed by atoms with E-state index in [0.29, 0.717) is 19.3 Å². The third-order valence-electron chi connectivity index (χ3n) is 12.7. The Morgan fingerprint density at radius 1 is 0.304 bits per heavy atom. The molecular formula is C63H110O6. The molecule has 0 aromatic carbocycles. The summed E-state index contributed by atoms with van der Waals surface area (Å²) in [5.41, 5.74) is 0.